The van der Waals surface area contributed by atoms with E-state index >= 15 is 0 Å². The third-order valence-electron chi connectivity index (χ3n) is 2.20. The van der Waals surface area contributed by atoms with Crippen LogP contribution in [0.2, 0.25) is 0 Å². The number of aryl methyl sites for hydroxylation is 1. The Morgan fingerprint density at radius 1 is 1.50 bits per heavy atom. The summed E-state index contributed by atoms with van der Waals surface area (Å²) in [6.45, 7) is 5.36. The second kappa shape index (κ2) is 2.73. The van der Waals surface area contributed by atoms with Gasteiger partial charge in [0.2, 0.25) is 0 Å². The van der Waals surface area contributed by atoms with Crippen LogP contribution in [0.25, 0.3) is 0 Å². The molecule has 3 nitrogen and oxygen atoms in total. The lowest BCUT2D eigenvalue weighted by molar-refractivity contribution is 0.611. The monoisotopic (exact) mass is 163 g/mol. The molecule has 2 rings (SSSR count). The van der Waals surface area contributed by atoms with Crippen molar-refractivity contribution in [2.45, 2.75) is 26.8 Å². The molecule has 0 unspecified atom stereocenters. The molecule has 1 aliphatic rings. The van der Waals surface area contributed by atoms with E-state index < -0.39 is 0 Å². The van der Waals surface area contributed by atoms with Crippen molar-refractivity contribution in [1.82, 2.24) is 9.78 Å². The first-order valence-corrected chi connectivity index (χ1v) is 4.36. The molecule has 0 atom stereocenters. The molecular formula is C9H13N3. The molecule has 2 heterocycles. The number of hydrogen-bond acceptors (Lipinski definition) is 2. The number of hydrogen-bond donors (Lipinski definition) is 0. The van der Waals surface area contributed by atoms with Crippen LogP contribution in [0.1, 0.15) is 20.3 Å². The van der Waals surface area contributed by atoms with E-state index in [0.29, 0.717) is 5.92 Å². The summed E-state index contributed by atoms with van der Waals surface area (Å²) in [6.07, 6.45) is 2.86. The Hall–Kier alpha value is -1.12. The summed E-state index contributed by atoms with van der Waals surface area (Å²) >= 11 is 0. The Morgan fingerprint density at radius 2 is 2.33 bits per heavy atom. The minimum atomic E-state index is 0.564. The van der Waals surface area contributed by atoms with Gasteiger partial charge in [-0.1, -0.05) is 13.8 Å². The number of aromatic nitrogens is 2. The SMILES string of the molecule is CC(C)C1=Nc2ccnn2CC1. The van der Waals surface area contributed by atoms with Crippen LogP contribution in [0.4, 0.5) is 5.82 Å². The lowest BCUT2D eigenvalue weighted by atomic mass is 10.0. The predicted octanol–water partition coefficient (Wildman–Crippen LogP) is 2.02. The molecule has 12 heavy (non-hydrogen) atoms. The van der Waals surface area contributed by atoms with Gasteiger partial charge in [0.25, 0.3) is 0 Å². The fourth-order valence-electron chi connectivity index (χ4n) is 1.43. The summed E-state index contributed by atoms with van der Waals surface area (Å²) in [6, 6.07) is 1.96. The smallest absolute Gasteiger partial charge is 0.150 e. The third kappa shape index (κ3) is 1.15. The van der Waals surface area contributed by atoms with E-state index in [1.165, 1.54) is 5.71 Å². The molecule has 1 aliphatic heterocycles. The molecule has 1 aromatic heterocycles. The number of fused-ring (bicyclic) bond motifs is 1. The van der Waals surface area contributed by atoms with Crippen molar-refractivity contribution in [3.8, 4) is 0 Å². The van der Waals surface area contributed by atoms with Gasteiger partial charge in [-0.3, -0.25) is 0 Å². The van der Waals surface area contributed by atoms with E-state index in [-0.39, 0.29) is 0 Å². The molecule has 64 valence electrons. The van der Waals surface area contributed by atoms with Crippen LogP contribution in [0.3, 0.4) is 0 Å². The molecule has 1 aromatic rings. The second-order valence-electron chi connectivity index (χ2n) is 3.42. The van der Waals surface area contributed by atoms with E-state index in [4.69, 9.17) is 0 Å². The topological polar surface area (TPSA) is 30.2 Å². The minimum Gasteiger partial charge on any atom is -0.247 e. The Balaban J connectivity index is 2.35. The average molecular weight is 163 g/mol. The molecule has 0 spiro atoms. The van der Waals surface area contributed by atoms with Crippen molar-refractivity contribution in [2.24, 2.45) is 10.9 Å². The van der Waals surface area contributed by atoms with Crippen molar-refractivity contribution in [3.63, 3.8) is 0 Å². The predicted molar refractivity (Wildman–Crippen MR) is 48.8 cm³/mol. The fourth-order valence-corrected chi connectivity index (χ4v) is 1.43. The molecule has 0 radical (unpaired) electrons. The Kier molecular flexibility index (Phi) is 1.71. The highest BCUT2D eigenvalue weighted by atomic mass is 15.3. The van der Waals surface area contributed by atoms with Crippen molar-refractivity contribution in [3.05, 3.63) is 12.3 Å². The van der Waals surface area contributed by atoms with E-state index in [0.717, 1.165) is 18.8 Å². The van der Waals surface area contributed by atoms with Gasteiger partial charge >= 0.3 is 0 Å². The van der Waals surface area contributed by atoms with Gasteiger partial charge in [-0.25, -0.2) is 9.67 Å². The molecule has 0 fully saturated rings. The highest BCUT2D eigenvalue weighted by molar-refractivity contribution is 5.88. The van der Waals surface area contributed by atoms with E-state index in [1.54, 1.807) is 0 Å². The summed E-state index contributed by atoms with van der Waals surface area (Å²) in [5.41, 5.74) is 1.29. The number of nitrogens with zero attached hydrogens (tertiary/aromatic N) is 3. The Morgan fingerprint density at radius 3 is 3.08 bits per heavy atom. The van der Waals surface area contributed by atoms with Crippen LogP contribution in [-0.4, -0.2) is 15.5 Å². The number of rotatable bonds is 1. The van der Waals surface area contributed by atoms with Crippen molar-refractivity contribution >= 4 is 11.5 Å². The van der Waals surface area contributed by atoms with Gasteiger partial charge in [0, 0.05) is 24.7 Å². The van der Waals surface area contributed by atoms with Crippen LogP contribution >= 0.6 is 0 Å². The average Bonchev–Trinajstić information content (AvgIpc) is 2.49. The maximum atomic E-state index is 4.52. The first-order chi connectivity index (χ1) is 5.77. The molecule has 0 bridgehead atoms. The van der Waals surface area contributed by atoms with E-state index in [2.05, 4.69) is 23.9 Å². The molecule has 0 aromatic carbocycles. The number of aliphatic imine (C=N–C) groups is 1. The van der Waals surface area contributed by atoms with Gasteiger partial charge < -0.3 is 0 Å². The molecular weight excluding hydrogens is 150 g/mol. The van der Waals surface area contributed by atoms with Crippen molar-refractivity contribution < 1.29 is 0 Å². The zero-order valence-electron chi connectivity index (χ0n) is 7.49. The molecule has 0 amide bonds. The maximum Gasteiger partial charge on any atom is 0.150 e. The molecule has 0 aliphatic carbocycles. The van der Waals surface area contributed by atoms with Gasteiger partial charge in [0.1, 0.15) is 5.82 Å². The van der Waals surface area contributed by atoms with Crippen LogP contribution in [0.5, 0.6) is 0 Å². The standard InChI is InChI=1S/C9H13N3/c1-7(2)8-4-6-12-9(11-8)3-5-10-12/h3,5,7H,4,6H2,1-2H3. The zero-order chi connectivity index (χ0) is 8.55. The van der Waals surface area contributed by atoms with Crippen LogP contribution < -0.4 is 0 Å². The summed E-state index contributed by atoms with van der Waals surface area (Å²) in [4.78, 5) is 4.52. The first kappa shape index (κ1) is 7.53. The molecule has 0 saturated carbocycles. The highest BCUT2D eigenvalue weighted by Gasteiger charge is 2.13. The maximum absolute atomic E-state index is 4.52. The third-order valence-corrected chi connectivity index (χ3v) is 2.20. The van der Waals surface area contributed by atoms with Gasteiger partial charge in [0.05, 0.1) is 6.20 Å². The van der Waals surface area contributed by atoms with Crippen LogP contribution in [0, 0.1) is 5.92 Å². The summed E-state index contributed by atoms with van der Waals surface area (Å²) < 4.78 is 1.95. The Bertz CT molecular complexity index is 309. The highest BCUT2D eigenvalue weighted by Crippen LogP contribution is 2.20. The Labute approximate surface area is 72.1 Å². The second-order valence-corrected chi connectivity index (χ2v) is 3.42. The minimum absolute atomic E-state index is 0.564. The largest absolute Gasteiger partial charge is 0.247 e. The fraction of sp³-hybridized carbons (Fsp3) is 0.556. The molecule has 0 N–H and O–H groups in total. The van der Waals surface area contributed by atoms with Crippen LogP contribution in [-0.2, 0) is 6.54 Å². The van der Waals surface area contributed by atoms with E-state index in [9.17, 15) is 0 Å². The van der Waals surface area contributed by atoms with Crippen molar-refractivity contribution in [2.75, 3.05) is 0 Å². The van der Waals surface area contributed by atoms with Gasteiger partial charge in [0.15, 0.2) is 0 Å². The van der Waals surface area contributed by atoms with Crippen molar-refractivity contribution in [1.29, 1.82) is 0 Å². The quantitative estimate of drug-likeness (QED) is 0.623. The van der Waals surface area contributed by atoms with Gasteiger partial charge in [-0.05, 0) is 5.92 Å². The molecule has 0 saturated heterocycles. The lowest BCUT2D eigenvalue weighted by Crippen LogP contribution is -2.16. The normalized spacial score (nSPS) is 16.1. The summed E-state index contributed by atoms with van der Waals surface area (Å²) in [7, 11) is 0. The summed E-state index contributed by atoms with van der Waals surface area (Å²) in [5, 5.41) is 4.16. The van der Waals surface area contributed by atoms with Gasteiger partial charge in [-0.2, -0.15) is 5.10 Å². The zero-order valence-corrected chi connectivity index (χ0v) is 7.49. The first-order valence-electron chi connectivity index (χ1n) is 4.36. The van der Waals surface area contributed by atoms with Crippen LogP contribution in [0.15, 0.2) is 17.3 Å². The summed E-state index contributed by atoms with van der Waals surface area (Å²) in [5.74, 6) is 1.57. The van der Waals surface area contributed by atoms with E-state index in [1.807, 2.05) is 16.9 Å². The molecule has 3 heteroatoms. The lowest BCUT2D eigenvalue weighted by Gasteiger charge is -2.16. The van der Waals surface area contributed by atoms with Gasteiger partial charge in [-0.15, -0.1) is 0 Å².